The number of carbonyl (C=O) groups is 2. The van der Waals surface area contributed by atoms with Gasteiger partial charge in [0.2, 0.25) is 5.91 Å². The fourth-order valence-corrected chi connectivity index (χ4v) is 4.36. The highest BCUT2D eigenvalue weighted by Gasteiger charge is 2.44. The average molecular weight is 439 g/mol. The zero-order valence-corrected chi connectivity index (χ0v) is 19.0. The maximum atomic E-state index is 13.7. The molecule has 0 radical (unpaired) electrons. The Balaban J connectivity index is 1.77. The van der Waals surface area contributed by atoms with E-state index in [1.807, 2.05) is 72.5 Å². The standard InChI is InChI=1S/C26H34N2O4/c1-3-5-16-22(21-14-10-7-11-15-21)27(4-2)25(30)24-23(29)17-18-28(24)26(31)32-19-20-12-8-6-9-13-20/h6-15,22-24,29H,3-5,16-19H2,1-2H3/t22?,23?,24-/m0/s1. The first-order valence-electron chi connectivity index (χ1n) is 11.6. The predicted molar refractivity (Wildman–Crippen MR) is 124 cm³/mol. The van der Waals surface area contributed by atoms with Gasteiger partial charge in [-0.25, -0.2) is 4.79 Å². The summed E-state index contributed by atoms with van der Waals surface area (Å²) in [4.78, 5) is 29.7. The summed E-state index contributed by atoms with van der Waals surface area (Å²) in [6, 6.07) is 18.4. The molecule has 1 aliphatic rings. The smallest absolute Gasteiger partial charge is 0.410 e. The van der Waals surface area contributed by atoms with E-state index in [2.05, 4.69) is 6.92 Å². The lowest BCUT2D eigenvalue weighted by atomic mass is 9.98. The van der Waals surface area contributed by atoms with Gasteiger partial charge in [0.05, 0.1) is 12.1 Å². The normalized spacial score (nSPS) is 18.9. The van der Waals surface area contributed by atoms with Crippen molar-refractivity contribution in [3.63, 3.8) is 0 Å². The van der Waals surface area contributed by atoms with Crippen LogP contribution in [0.2, 0.25) is 0 Å². The number of nitrogens with zero attached hydrogens (tertiary/aromatic N) is 2. The molecule has 1 heterocycles. The molecule has 2 amide bonds. The van der Waals surface area contributed by atoms with Gasteiger partial charge in [-0.1, -0.05) is 80.4 Å². The fourth-order valence-electron chi connectivity index (χ4n) is 4.36. The van der Waals surface area contributed by atoms with Crippen molar-refractivity contribution in [2.75, 3.05) is 13.1 Å². The Morgan fingerprint density at radius 3 is 2.38 bits per heavy atom. The molecule has 1 saturated heterocycles. The van der Waals surface area contributed by atoms with Crippen LogP contribution in [-0.4, -0.2) is 52.1 Å². The van der Waals surface area contributed by atoms with Crippen LogP contribution < -0.4 is 0 Å². The van der Waals surface area contributed by atoms with Crippen molar-refractivity contribution >= 4 is 12.0 Å². The summed E-state index contributed by atoms with van der Waals surface area (Å²) in [6.45, 7) is 5.00. The minimum atomic E-state index is -0.925. The molecule has 0 aliphatic carbocycles. The van der Waals surface area contributed by atoms with E-state index in [0.717, 1.165) is 30.4 Å². The monoisotopic (exact) mass is 438 g/mol. The zero-order chi connectivity index (χ0) is 22.9. The number of hydrogen-bond donors (Lipinski definition) is 1. The summed E-state index contributed by atoms with van der Waals surface area (Å²) in [5.41, 5.74) is 1.95. The number of unbranched alkanes of at least 4 members (excludes halogenated alkanes) is 1. The van der Waals surface area contributed by atoms with Gasteiger partial charge in [-0.3, -0.25) is 9.69 Å². The highest BCUT2D eigenvalue weighted by atomic mass is 16.6. The van der Waals surface area contributed by atoms with E-state index in [9.17, 15) is 14.7 Å². The van der Waals surface area contributed by atoms with Crippen LogP contribution in [0.3, 0.4) is 0 Å². The number of ether oxygens (including phenoxy) is 1. The summed E-state index contributed by atoms with van der Waals surface area (Å²) in [5, 5.41) is 10.6. The summed E-state index contributed by atoms with van der Waals surface area (Å²) in [7, 11) is 0. The second-order valence-corrected chi connectivity index (χ2v) is 8.23. The van der Waals surface area contributed by atoms with Gasteiger partial charge in [-0.15, -0.1) is 0 Å². The Hall–Kier alpha value is -2.86. The number of aliphatic hydroxyl groups is 1. The van der Waals surface area contributed by atoms with E-state index in [4.69, 9.17) is 4.74 Å². The lowest BCUT2D eigenvalue weighted by molar-refractivity contribution is -0.140. The van der Waals surface area contributed by atoms with Gasteiger partial charge < -0.3 is 14.7 Å². The summed E-state index contributed by atoms with van der Waals surface area (Å²) in [5.74, 6) is -0.223. The van der Waals surface area contributed by atoms with Crippen LogP contribution in [0.15, 0.2) is 60.7 Å². The first-order chi connectivity index (χ1) is 15.6. The molecule has 0 spiro atoms. The van der Waals surface area contributed by atoms with Crippen molar-refractivity contribution in [1.29, 1.82) is 0 Å². The Bertz CT molecular complexity index is 859. The van der Waals surface area contributed by atoms with Gasteiger partial charge >= 0.3 is 6.09 Å². The van der Waals surface area contributed by atoms with E-state index in [1.54, 1.807) is 0 Å². The molecule has 2 aromatic rings. The molecule has 32 heavy (non-hydrogen) atoms. The molecule has 1 N–H and O–H groups in total. The van der Waals surface area contributed by atoms with E-state index in [-0.39, 0.29) is 18.6 Å². The van der Waals surface area contributed by atoms with E-state index in [1.165, 1.54) is 4.90 Å². The topological polar surface area (TPSA) is 70.1 Å². The molecule has 172 valence electrons. The van der Waals surface area contributed by atoms with Crippen LogP contribution in [0, 0.1) is 0 Å². The van der Waals surface area contributed by atoms with Crippen molar-refractivity contribution in [3.8, 4) is 0 Å². The second kappa shape index (κ2) is 11.7. The number of likely N-dealkylation sites (N-methyl/N-ethyl adjacent to an activating group) is 1. The van der Waals surface area contributed by atoms with Crippen molar-refractivity contribution in [1.82, 2.24) is 9.80 Å². The average Bonchev–Trinajstić information content (AvgIpc) is 3.22. The number of benzene rings is 2. The molecule has 6 nitrogen and oxygen atoms in total. The number of amides is 2. The van der Waals surface area contributed by atoms with Crippen LogP contribution in [0.4, 0.5) is 4.79 Å². The Labute approximate surface area is 190 Å². The van der Waals surface area contributed by atoms with Gasteiger partial charge in [-0.05, 0) is 30.9 Å². The van der Waals surface area contributed by atoms with Crippen LogP contribution in [-0.2, 0) is 16.1 Å². The quantitative estimate of drug-likeness (QED) is 0.624. The van der Waals surface area contributed by atoms with Crippen LogP contribution in [0.1, 0.15) is 56.7 Å². The number of hydrogen-bond acceptors (Lipinski definition) is 4. The van der Waals surface area contributed by atoms with Crippen molar-refractivity contribution in [2.24, 2.45) is 0 Å². The molecule has 2 unspecified atom stereocenters. The number of carbonyl (C=O) groups excluding carboxylic acids is 2. The number of rotatable bonds is 9. The van der Waals surface area contributed by atoms with Crippen molar-refractivity contribution < 1.29 is 19.4 Å². The van der Waals surface area contributed by atoms with Crippen LogP contribution in [0.5, 0.6) is 0 Å². The van der Waals surface area contributed by atoms with E-state index >= 15 is 0 Å². The summed E-state index contributed by atoms with van der Waals surface area (Å²) < 4.78 is 5.47. The van der Waals surface area contributed by atoms with Gasteiger partial charge in [0, 0.05) is 13.1 Å². The molecule has 0 aromatic heterocycles. The Kier molecular flexibility index (Phi) is 8.68. The van der Waals surface area contributed by atoms with Crippen LogP contribution >= 0.6 is 0 Å². The van der Waals surface area contributed by atoms with E-state index < -0.39 is 18.2 Å². The maximum Gasteiger partial charge on any atom is 0.410 e. The predicted octanol–water partition coefficient (Wildman–Crippen LogP) is 4.54. The molecule has 2 aromatic carbocycles. The van der Waals surface area contributed by atoms with Gasteiger partial charge in [0.25, 0.3) is 0 Å². The van der Waals surface area contributed by atoms with Gasteiger partial charge in [0.1, 0.15) is 12.6 Å². The zero-order valence-electron chi connectivity index (χ0n) is 19.0. The first-order valence-corrected chi connectivity index (χ1v) is 11.6. The van der Waals surface area contributed by atoms with Gasteiger partial charge in [-0.2, -0.15) is 0 Å². The largest absolute Gasteiger partial charge is 0.445 e. The highest BCUT2D eigenvalue weighted by Crippen LogP contribution is 2.30. The minimum Gasteiger partial charge on any atom is -0.445 e. The first kappa shape index (κ1) is 23.8. The number of aliphatic hydroxyl groups excluding tert-OH is 1. The van der Waals surface area contributed by atoms with E-state index in [0.29, 0.717) is 19.5 Å². The fraction of sp³-hybridized carbons (Fsp3) is 0.462. The SMILES string of the molecule is CCCCC(c1ccccc1)N(CC)C(=O)[C@@H]1C(O)CCN1C(=O)OCc1ccccc1. The van der Waals surface area contributed by atoms with Crippen LogP contribution in [0.25, 0.3) is 0 Å². The lowest BCUT2D eigenvalue weighted by Crippen LogP contribution is -2.52. The molecule has 3 rings (SSSR count). The summed E-state index contributed by atoms with van der Waals surface area (Å²) >= 11 is 0. The lowest BCUT2D eigenvalue weighted by Gasteiger charge is -2.36. The molecule has 1 fully saturated rings. The third kappa shape index (κ3) is 5.68. The number of likely N-dealkylation sites (tertiary alicyclic amines) is 1. The highest BCUT2D eigenvalue weighted by molar-refractivity contribution is 5.87. The molecule has 0 bridgehead atoms. The van der Waals surface area contributed by atoms with Gasteiger partial charge in [0.15, 0.2) is 0 Å². The molecule has 3 atom stereocenters. The molecule has 0 saturated carbocycles. The third-order valence-corrected chi connectivity index (χ3v) is 6.07. The Morgan fingerprint density at radius 1 is 1.09 bits per heavy atom. The molecular weight excluding hydrogens is 404 g/mol. The molecule has 6 heteroatoms. The Morgan fingerprint density at radius 2 is 1.75 bits per heavy atom. The summed E-state index contributed by atoms with van der Waals surface area (Å²) in [6.07, 6.45) is 1.74. The molecular formula is C26H34N2O4. The third-order valence-electron chi connectivity index (χ3n) is 6.07. The second-order valence-electron chi connectivity index (χ2n) is 8.23. The van der Waals surface area contributed by atoms with Crippen molar-refractivity contribution in [2.45, 2.75) is 64.3 Å². The molecule has 1 aliphatic heterocycles. The van der Waals surface area contributed by atoms with Crippen molar-refractivity contribution in [3.05, 3.63) is 71.8 Å². The maximum absolute atomic E-state index is 13.7. The minimum absolute atomic E-state index is 0.0939.